The zero-order valence-electron chi connectivity index (χ0n) is 19.0. The van der Waals surface area contributed by atoms with E-state index in [1.54, 1.807) is 0 Å². The first-order chi connectivity index (χ1) is 15.8. The summed E-state index contributed by atoms with van der Waals surface area (Å²) in [6.45, 7) is 2.44. The van der Waals surface area contributed by atoms with Crippen molar-refractivity contribution in [1.82, 2.24) is 0 Å². The summed E-state index contributed by atoms with van der Waals surface area (Å²) < 4.78 is 2.63. The van der Waals surface area contributed by atoms with Crippen LogP contribution in [0.15, 0.2) is 103 Å². The molecule has 0 aliphatic heterocycles. The van der Waals surface area contributed by atoms with Crippen LogP contribution in [0.4, 0.5) is 0 Å². The minimum Gasteiger partial charge on any atom is -0.189 e. The van der Waals surface area contributed by atoms with Gasteiger partial charge in [-0.2, -0.15) is 4.57 Å². The van der Waals surface area contributed by atoms with Crippen molar-refractivity contribution < 1.29 is 4.57 Å². The van der Waals surface area contributed by atoms with E-state index in [2.05, 4.69) is 115 Å². The van der Waals surface area contributed by atoms with E-state index in [4.69, 9.17) is 0 Å². The maximum absolute atomic E-state index is 2.63. The van der Waals surface area contributed by atoms with Crippen LogP contribution in [0.3, 0.4) is 0 Å². The minimum absolute atomic E-state index is 0.450. The number of rotatable bonds is 5. The van der Waals surface area contributed by atoms with E-state index >= 15 is 0 Å². The zero-order chi connectivity index (χ0) is 21.8. The predicted octanol–water partition coefficient (Wildman–Crippen LogP) is 8.12. The van der Waals surface area contributed by atoms with Crippen molar-refractivity contribution in [2.75, 3.05) is 0 Å². The van der Waals surface area contributed by atoms with E-state index in [9.17, 15) is 0 Å². The maximum Gasteiger partial charge on any atom is 0.213 e. The maximum atomic E-state index is 2.63. The highest BCUT2D eigenvalue weighted by atomic mass is 15.0. The molecule has 1 nitrogen and oxygen atoms in total. The standard InChI is InChI=1S/C31H32N/c1-24(25-14-6-2-7-15-25)32-30(27-18-10-4-11-19-27)22-29(26-16-8-3-9-17-26)23-31(32)28-20-12-5-13-21-28/h3-5,8-13,16-25H,2,6-7,14-15H2,1H3/q+1/t24-/m0/s1. The summed E-state index contributed by atoms with van der Waals surface area (Å²) in [6, 6.07) is 37.9. The third kappa shape index (κ3) is 4.25. The highest BCUT2D eigenvalue weighted by molar-refractivity contribution is 5.73. The molecule has 32 heavy (non-hydrogen) atoms. The van der Waals surface area contributed by atoms with E-state index in [1.165, 1.54) is 65.7 Å². The van der Waals surface area contributed by atoms with Gasteiger partial charge in [0.1, 0.15) is 0 Å². The normalized spacial score (nSPS) is 15.4. The SMILES string of the molecule is C[C@@H](C1CCCCC1)[n+]1c(-c2ccccc2)cc(-c2ccccc2)cc1-c1ccccc1. The molecule has 0 N–H and O–H groups in total. The Morgan fingerprint density at radius 2 is 1.00 bits per heavy atom. The van der Waals surface area contributed by atoms with Crippen molar-refractivity contribution in [2.24, 2.45) is 5.92 Å². The van der Waals surface area contributed by atoms with E-state index in [0.717, 1.165) is 5.92 Å². The van der Waals surface area contributed by atoms with Crippen LogP contribution in [0.25, 0.3) is 33.6 Å². The monoisotopic (exact) mass is 418 g/mol. The lowest BCUT2D eigenvalue weighted by molar-refractivity contribution is -0.706. The molecular formula is C31H32N+. The second kappa shape index (κ2) is 9.53. The highest BCUT2D eigenvalue weighted by Gasteiger charge is 2.33. The molecule has 0 spiro atoms. The fourth-order valence-electron chi connectivity index (χ4n) is 5.33. The van der Waals surface area contributed by atoms with E-state index in [1.807, 2.05) is 0 Å². The molecule has 1 heterocycles. The molecule has 1 aromatic heterocycles. The minimum atomic E-state index is 0.450. The summed E-state index contributed by atoms with van der Waals surface area (Å²) >= 11 is 0. The Labute approximate surface area is 192 Å². The molecular weight excluding hydrogens is 386 g/mol. The third-order valence-corrected chi connectivity index (χ3v) is 7.09. The van der Waals surface area contributed by atoms with Gasteiger partial charge in [0.05, 0.1) is 0 Å². The average molecular weight is 419 g/mol. The smallest absolute Gasteiger partial charge is 0.189 e. The average Bonchev–Trinajstić information content (AvgIpc) is 2.89. The topological polar surface area (TPSA) is 3.88 Å². The second-order valence-corrected chi connectivity index (χ2v) is 9.12. The predicted molar refractivity (Wildman–Crippen MR) is 134 cm³/mol. The first-order valence-electron chi connectivity index (χ1n) is 12.1. The van der Waals surface area contributed by atoms with Crippen molar-refractivity contribution in [3.63, 3.8) is 0 Å². The van der Waals surface area contributed by atoms with Crippen LogP contribution < -0.4 is 4.57 Å². The third-order valence-electron chi connectivity index (χ3n) is 7.09. The number of aromatic nitrogens is 1. The van der Waals surface area contributed by atoms with Gasteiger partial charge in [0.25, 0.3) is 0 Å². The summed E-state index contributed by atoms with van der Waals surface area (Å²) in [6.07, 6.45) is 6.77. The molecule has 0 unspecified atom stereocenters. The van der Waals surface area contributed by atoms with Gasteiger partial charge in [0, 0.05) is 29.2 Å². The van der Waals surface area contributed by atoms with E-state index in [0.29, 0.717) is 6.04 Å². The molecule has 1 aliphatic carbocycles. The molecule has 0 saturated heterocycles. The molecule has 0 amide bonds. The summed E-state index contributed by atoms with van der Waals surface area (Å²) in [7, 11) is 0. The molecule has 160 valence electrons. The lowest BCUT2D eigenvalue weighted by atomic mass is 9.83. The molecule has 5 rings (SSSR count). The van der Waals surface area contributed by atoms with Gasteiger partial charge in [-0.15, -0.1) is 0 Å². The molecule has 1 heteroatoms. The second-order valence-electron chi connectivity index (χ2n) is 9.12. The number of pyridine rings is 1. The van der Waals surface area contributed by atoms with Crippen molar-refractivity contribution in [3.05, 3.63) is 103 Å². The molecule has 1 fully saturated rings. The van der Waals surface area contributed by atoms with Crippen LogP contribution in [-0.2, 0) is 0 Å². The van der Waals surface area contributed by atoms with Crippen LogP contribution >= 0.6 is 0 Å². The lowest BCUT2D eigenvalue weighted by Crippen LogP contribution is -2.46. The van der Waals surface area contributed by atoms with Crippen molar-refractivity contribution in [3.8, 4) is 33.6 Å². The Bertz CT molecular complexity index is 1080. The fraction of sp³-hybridized carbons (Fsp3) is 0.258. The number of hydrogen-bond acceptors (Lipinski definition) is 0. The number of hydrogen-bond donors (Lipinski definition) is 0. The number of benzene rings is 3. The molecule has 1 atom stereocenters. The molecule has 0 radical (unpaired) electrons. The first-order valence-corrected chi connectivity index (χ1v) is 12.1. The van der Waals surface area contributed by atoms with Crippen LogP contribution in [0, 0.1) is 5.92 Å². The zero-order valence-corrected chi connectivity index (χ0v) is 19.0. The molecule has 3 aromatic carbocycles. The molecule has 1 saturated carbocycles. The molecule has 4 aromatic rings. The Morgan fingerprint density at radius 1 is 0.562 bits per heavy atom. The van der Waals surface area contributed by atoms with E-state index < -0.39 is 0 Å². The molecule has 0 bridgehead atoms. The van der Waals surface area contributed by atoms with Gasteiger partial charge in [-0.1, -0.05) is 86.0 Å². The summed E-state index contributed by atoms with van der Waals surface area (Å²) in [5.41, 5.74) is 7.72. The summed E-state index contributed by atoms with van der Waals surface area (Å²) in [5, 5.41) is 0. The van der Waals surface area contributed by atoms with Crippen molar-refractivity contribution in [1.29, 1.82) is 0 Å². The number of nitrogens with zero attached hydrogens (tertiary/aromatic N) is 1. The van der Waals surface area contributed by atoms with Crippen LogP contribution in [-0.4, -0.2) is 0 Å². The van der Waals surface area contributed by atoms with Gasteiger partial charge in [-0.25, -0.2) is 0 Å². The van der Waals surface area contributed by atoms with Crippen molar-refractivity contribution in [2.45, 2.75) is 45.1 Å². The quantitative estimate of drug-likeness (QED) is 0.288. The van der Waals surface area contributed by atoms with Gasteiger partial charge < -0.3 is 0 Å². The van der Waals surface area contributed by atoms with E-state index in [-0.39, 0.29) is 0 Å². The van der Waals surface area contributed by atoms with Gasteiger partial charge in [0.2, 0.25) is 11.4 Å². The Balaban J connectivity index is 1.77. The lowest BCUT2D eigenvalue weighted by Gasteiger charge is -2.27. The van der Waals surface area contributed by atoms with Gasteiger partial charge >= 0.3 is 0 Å². The van der Waals surface area contributed by atoms with Gasteiger partial charge in [0.15, 0.2) is 6.04 Å². The van der Waals surface area contributed by atoms with Gasteiger partial charge in [-0.3, -0.25) is 0 Å². The van der Waals surface area contributed by atoms with Crippen LogP contribution in [0.2, 0.25) is 0 Å². The fourth-order valence-corrected chi connectivity index (χ4v) is 5.33. The summed E-state index contributed by atoms with van der Waals surface area (Å²) in [5.74, 6) is 0.723. The van der Waals surface area contributed by atoms with Crippen LogP contribution in [0.1, 0.15) is 45.1 Å². The Morgan fingerprint density at radius 3 is 1.47 bits per heavy atom. The molecule has 1 aliphatic rings. The van der Waals surface area contributed by atoms with Gasteiger partial charge in [-0.05, 0) is 55.2 Å². The summed E-state index contributed by atoms with van der Waals surface area (Å²) in [4.78, 5) is 0. The van der Waals surface area contributed by atoms with Crippen molar-refractivity contribution >= 4 is 0 Å². The Hall–Kier alpha value is -3.19. The largest absolute Gasteiger partial charge is 0.213 e. The first kappa shape index (κ1) is 20.7. The van der Waals surface area contributed by atoms with Crippen LogP contribution in [0.5, 0.6) is 0 Å². The Kier molecular flexibility index (Phi) is 6.16. The highest BCUT2D eigenvalue weighted by Crippen LogP contribution is 2.35.